The van der Waals surface area contributed by atoms with Crippen molar-refractivity contribution in [2.75, 3.05) is 0 Å². The van der Waals surface area contributed by atoms with Crippen LogP contribution in [-0.2, 0) is 12.8 Å². The van der Waals surface area contributed by atoms with Crippen molar-refractivity contribution in [2.45, 2.75) is 12.8 Å². The van der Waals surface area contributed by atoms with E-state index >= 15 is 0 Å². The molecule has 4 nitrogen and oxygen atoms in total. The number of hydrogen-bond donors (Lipinski definition) is 1. The number of benzene rings is 7. The highest BCUT2D eigenvalue weighted by Crippen LogP contribution is 2.41. The quantitative estimate of drug-likeness (QED) is 0.164. The van der Waals surface area contributed by atoms with E-state index < -0.39 is 0 Å². The van der Waals surface area contributed by atoms with Crippen LogP contribution >= 0.6 is 0 Å². The molecule has 9 rings (SSSR count). The largest absolute Gasteiger partial charge is 0.507 e. The summed E-state index contributed by atoms with van der Waals surface area (Å²) in [5, 5.41) is 14.4. The van der Waals surface area contributed by atoms with Crippen molar-refractivity contribution in [1.82, 2.24) is 14.5 Å². The lowest BCUT2D eigenvalue weighted by atomic mass is 9.93. The molecule has 7 aromatic carbocycles. The van der Waals surface area contributed by atoms with Crippen molar-refractivity contribution in [2.24, 2.45) is 0 Å². The molecule has 0 unspecified atom stereocenters. The van der Waals surface area contributed by atoms with Gasteiger partial charge in [0.2, 0.25) is 0 Å². The number of nitrogens with zero attached hydrogens (tertiary/aromatic N) is 3. The number of rotatable bonds is 9. The molecule has 0 aliphatic heterocycles. The zero-order valence-corrected chi connectivity index (χ0v) is 29.7. The third kappa shape index (κ3) is 6.35. The summed E-state index contributed by atoms with van der Waals surface area (Å²) in [4.78, 5) is 9.83. The van der Waals surface area contributed by atoms with Crippen LogP contribution in [0.2, 0.25) is 0 Å². The minimum atomic E-state index is 0.239. The van der Waals surface area contributed by atoms with Crippen molar-refractivity contribution < 1.29 is 5.11 Å². The fraction of sp³-hybridized carbons (Fsp3) is 0.0400. The summed E-state index contributed by atoms with van der Waals surface area (Å²) in [6.45, 7) is 0. The van der Waals surface area contributed by atoms with Crippen LogP contribution in [0.1, 0.15) is 22.3 Å². The minimum Gasteiger partial charge on any atom is -0.507 e. The Balaban J connectivity index is 1.16. The summed E-state index contributed by atoms with van der Waals surface area (Å²) >= 11 is 0. The number of phenolic OH excluding ortho intramolecular Hbond substituents is 1. The molecule has 0 bridgehead atoms. The van der Waals surface area contributed by atoms with Crippen LogP contribution in [0.3, 0.4) is 0 Å². The lowest BCUT2D eigenvalue weighted by Crippen LogP contribution is -2.02. The first-order chi connectivity index (χ1) is 26.7. The van der Waals surface area contributed by atoms with Crippen LogP contribution < -0.4 is 0 Å². The van der Waals surface area contributed by atoms with Gasteiger partial charge in [-0.2, -0.15) is 0 Å². The summed E-state index contributed by atoms with van der Waals surface area (Å²) in [5.74, 6) is 1.04. The molecule has 54 heavy (non-hydrogen) atoms. The molecule has 0 aliphatic rings. The smallest absolute Gasteiger partial charge is 0.145 e. The summed E-state index contributed by atoms with van der Waals surface area (Å²) < 4.78 is 2.20. The Kier molecular flexibility index (Phi) is 8.84. The normalized spacial score (nSPS) is 11.2. The maximum absolute atomic E-state index is 12.1. The van der Waals surface area contributed by atoms with E-state index in [4.69, 9.17) is 4.98 Å². The van der Waals surface area contributed by atoms with E-state index in [1.165, 1.54) is 16.5 Å². The molecule has 0 aliphatic carbocycles. The van der Waals surface area contributed by atoms with E-state index in [9.17, 15) is 5.11 Å². The fourth-order valence-electron chi connectivity index (χ4n) is 7.55. The highest BCUT2D eigenvalue weighted by molar-refractivity contribution is 5.88. The zero-order valence-electron chi connectivity index (χ0n) is 29.7. The van der Waals surface area contributed by atoms with Gasteiger partial charge in [-0.25, -0.2) is 4.98 Å². The number of aromatic hydroxyl groups is 1. The number of fused-ring (bicyclic) bond motifs is 1. The Morgan fingerprint density at radius 2 is 0.963 bits per heavy atom. The summed E-state index contributed by atoms with van der Waals surface area (Å²) in [6.07, 6.45) is 7.30. The first-order valence-electron chi connectivity index (χ1n) is 18.3. The van der Waals surface area contributed by atoms with Gasteiger partial charge in [0.05, 0.1) is 11.4 Å². The molecule has 0 fully saturated rings. The molecule has 2 aromatic heterocycles. The molecule has 0 spiro atoms. The maximum atomic E-state index is 12.1. The van der Waals surface area contributed by atoms with Crippen molar-refractivity contribution in [3.63, 3.8) is 0 Å². The number of aromatic nitrogens is 3. The van der Waals surface area contributed by atoms with E-state index in [0.29, 0.717) is 17.7 Å². The second kappa shape index (κ2) is 14.5. The second-order valence-corrected chi connectivity index (χ2v) is 13.6. The molecular formula is C50H37N3O. The molecule has 9 aromatic rings. The first kappa shape index (κ1) is 32.8. The molecular weight excluding hydrogens is 659 g/mol. The predicted octanol–water partition coefficient (Wildman–Crippen LogP) is 12.0. The van der Waals surface area contributed by atoms with Crippen molar-refractivity contribution in [3.8, 4) is 56.3 Å². The highest BCUT2D eigenvalue weighted by atomic mass is 16.3. The number of pyridine rings is 1. The molecule has 0 atom stereocenters. The topological polar surface area (TPSA) is 50.9 Å². The zero-order chi connectivity index (χ0) is 36.3. The lowest BCUT2D eigenvalue weighted by molar-refractivity contribution is 0.471. The van der Waals surface area contributed by atoms with E-state index in [1.54, 1.807) is 0 Å². The standard InChI is InChI=1S/C50H37N3O/c54-49-40(30-38-22-10-11-23-39(38)31-42-33-51-32-41-24-12-13-26-43(41)42)25-14-29-46(49)47-34-53(50(52-47)37-20-8-3-9-21-37)48-44(35-16-4-1-5-17-35)27-15-28-45(48)36-18-6-2-7-19-36/h1-29,32-34,54H,30-31H2. The van der Waals surface area contributed by atoms with Gasteiger partial charge in [0.25, 0.3) is 0 Å². The van der Waals surface area contributed by atoms with Gasteiger partial charge in [-0.1, -0.05) is 170 Å². The molecule has 0 amide bonds. The van der Waals surface area contributed by atoms with Crippen LogP contribution in [0, 0.1) is 0 Å². The van der Waals surface area contributed by atoms with Crippen LogP contribution in [0.4, 0.5) is 0 Å². The van der Waals surface area contributed by atoms with Gasteiger partial charge in [0.1, 0.15) is 11.6 Å². The third-order valence-electron chi connectivity index (χ3n) is 10.2. The predicted molar refractivity (Wildman–Crippen MR) is 221 cm³/mol. The van der Waals surface area contributed by atoms with Crippen molar-refractivity contribution in [1.29, 1.82) is 0 Å². The monoisotopic (exact) mass is 695 g/mol. The van der Waals surface area contributed by atoms with Crippen LogP contribution in [0.15, 0.2) is 195 Å². The molecule has 258 valence electrons. The fourth-order valence-corrected chi connectivity index (χ4v) is 7.55. The Morgan fingerprint density at radius 1 is 0.444 bits per heavy atom. The molecule has 4 heteroatoms. The SMILES string of the molecule is Oc1c(Cc2ccccc2Cc2cncc3ccccc23)cccc1-c1cn(-c2c(-c3ccccc3)cccc2-c2ccccc2)c(-c2ccccc2)n1. The van der Waals surface area contributed by atoms with E-state index in [2.05, 4.69) is 137 Å². The van der Waals surface area contributed by atoms with E-state index in [0.717, 1.165) is 62.3 Å². The number of imidazole rings is 1. The van der Waals surface area contributed by atoms with Gasteiger partial charge in [-0.05, 0) is 51.3 Å². The average molecular weight is 696 g/mol. The third-order valence-corrected chi connectivity index (χ3v) is 10.2. The highest BCUT2D eigenvalue weighted by Gasteiger charge is 2.22. The second-order valence-electron chi connectivity index (χ2n) is 13.6. The van der Waals surface area contributed by atoms with Crippen LogP contribution in [0.5, 0.6) is 5.75 Å². The van der Waals surface area contributed by atoms with Gasteiger partial charge in [0.15, 0.2) is 0 Å². The number of hydrogen-bond acceptors (Lipinski definition) is 3. The van der Waals surface area contributed by atoms with E-state index in [-0.39, 0.29) is 5.75 Å². The van der Waals surface area contributed by atoms with Crippen molar-refractivity contribution >= 4 is 10.8 Å². The molecule has 0 saturated carbocycles. The average Bonchev–Trinajstić information content (AvgIpc) is 3.68. The number of para-hydroxylation sites is 2. The van der Waals surface area contributed by atoms with E-state index in [1.807, 2.05) is 67.0 Å². The summed E-state index contributed by atoms with van der Waals surface area (Å²) in [7, 11) is 0. The van der Waals surface area contributed by atoms with Crippen LogP contribution in [-0.4, -0.2) is 19.6 Å². The summed E-state index contributed by atoms with van der Waals surface area (Å²) in [6, 6.07) is 60.7. The van der Waals surface area contributed by atoms with Gasteiger partial charge in [-0.15, -0.1) is 0 Å². The lowest BCUT2D eigenvalue weighted by Gasteiger charge is -2.18. The van der Waals surface area contributed by atoms with Crippen LogP contribution in [0.25, 0.3) is 61.4 Å². The van der Waals surface area contributed by atoms with Crippen molar-refractivity contribution in [3.05, 3.63) is 217 Å². The Hall–Kier alpha value is -7.04. The molecule has 2 heterocycles. The Labute approximate surface area is 315 Å². The minimum absolute atomic E-state index is 0.239. The first-order valence-corrected chi connectivity index (χ1v) is 18.3. The molecule has 1 N–H and O–H groups in total. The van der Waals surface area contributed by atoms with Gasteiger partial charge in [0, 0.05) is 52.7 Å². The Bertz CT molecular complexity index is 2660. The maximum Gasteiger partial charge on any atom is 0.145 e. The molecule has 0 saturated heterocycles. The number of phenols is 1. The van der Waals surface area contributed by atoms with Gasteiger partial charge >= 0.3 is 0 Å². The Morgan fingerprint density at radius 3 is 1.63 bits per heavy atom. The summed E-state index contributed by atoms with van der Waals surface area (Å²) in [5.41, 5.74) is 12.2. The molecule has 0 radical (unpaired) electrons. The van der Waals surface area contributed by atoms with Gasteiger partial charge in [-0.3, -0.25) is 9.55 Å². The van der Waals surface area contributed by atoms with Gasteiger partial charge < -0.3 is 5.11 Å².